The molecule has 0 saturated heterocycles. The minimum atomic E-state index is 0.718. The largest absolute Gasteiger partial charge is 0.353 e. The first-order valence-electron chi connectivity index (χ1n) is 6.22. The fourth-order valence-electron chi connectivity index (χ4n) is 2.28. The predicted molar refractivity (Wildman–Crippen MR) is 79.7 cm³/mol. The van der Waals surface area contributed by atoms with Gasteiger partial charge in [0.2, 0.25) is 0 Å². The number of benzene rings is 1. The molecular formula is C15H15BrN3+. The van der Waals surface area contributed by atoms with Gasteiger partial charge < -0.3 is 5.73 Å². The first-order chi connectivity index (χ1) is 9.19. The summed E-state index contributed by atoms with van der Waals surface area (Å²) in [6.07, 6.45) is 2.07. The number of hydrogen-bond acceptors (Lipinski definition) is 1. The number of nitrogens with zero attached hydrogens (tertiary/aromatic N) is 2. The molecule has 1 aromatic carbocycles. The molecule has 2 aromatic heterocycles. The van der Waals surface area contributed by atoms with Crippen LogP contribution in [0.4, 0.5) is 0 Å². The van der Waals surface area contributed by atoms with Crippen LogP contribution >= 0.6 is 15.9 Å². The molecule has 3 N–H and O–H groups in total. The summed E-state index contributed by atoms with van der Waals surface area (Å²) in [4.78, 5) is 4.75. The molecule has 2 heterocycles. The Morgan fingerprint density at radius 1 is 1.21 bits per heavy atom. The number of imidazole rings is 1. The molecule has 3 aromatic rings. The predicted octanol–water partition coefficient (Wildman–Crippen LogP) is 2.81. The third kappa shape index (κ3) is 2.17. The van der Waals surface area contributed by atoms with E-state index in [0.29, 0.717) is 0 Å². The van der Waals surface area contributed by atoms with Gasteiger partial charge in [-0.1, -0.05) is 28.1 Å². The molecule has 3 nitrogen and oxygen atoms in total. The zero-order valence-electron chi connectivity index (χ0n) is 10.7. The van der Waals surface area contributed by atoms with Crippen molar-refractivity contribution in [1.82, 2.24) is 9.38 Å². The minimum absolute atomic E-state index is 0.718. The molecule has 0 radical (unpaired) electrons. The van der Waals surface area contributed by atoms with E-state index in [9.17, 15) is 0 Å². The SMILES string of the molecule is Cc1ccn2c(C[NH3+])c(-c3ccc(Br)cc3)nc2c1. The maximum Gasteiger partial charge on any atom is 0.138 e. The second-order valence-corrected chi connectivity index (χ2v) is 5.51. The number of halogens is 1. The van der Waals surface area contributed by atoms with E-state index >= 15 is 0 Å². The molecule has 0 aliphatic heterocycles. The summed E-state index contributed by atoms with van der Waals surface area (Å²) < 4.78 is 3.20. The van der Waals surface area contributed by atoms with E-state index in [2.05, 4.69) is 63.5 Å². The van der Waals surface area contributed by atoms with E-state index < -0.39 is 0 Å². The Hall–Kier alpha value is -1.65. The van der Waals surface area contributed by atoms with Gasteiger partial charge >= 0.3 is 0 Å². The lowest BCUT2D eigenvalue weighted by molar-refractivity contribution is -0.387. The van der Waals surface area contributed by atoms with Crippen molar-refractivity contribution in [2.24, 2.45) is 0 Å². The number of hydrogen-bond donors (Lipinski definition) is 1. The van der Waals surface area contributed by atoms with Crippen molar-refractivity contribution in [3.05, 3.63) is 58.3 Å². The van der Waals surface area contributed by atoms with Crippen LogP contribution in [-0.2, 0) is 6.54 Å². The third-order valence-corrected chi connectivity index (χ3v) is 3.76. The molecule has 3 rings (SSSR count). The monoisotopic (exact) mass is 316 g/mol. The van der Waals surface area contributed by atoms with Crippen molar-refractivity contribution in [2.75, 3.05) is 0 Å². The normalized spacial score (nSPS) is 11.1. The standard InChI is InChI=1S/C15H14BrN3/c1-10-6-7-19-13(9-17)15(18-14(19)8-10)11-2-4-12(16)5-3-11/h2-8H,9,17H2,1H3/p+1. The molecule has 0 fully saturated rings. The van der Waals surface area contributed by atoms with Crippen molar-refractivity contribution in [3.63, 3.8) is 0 Å². The van der Waals surface area contributed by atoms with E-state index in [0.717, 1.165) is 33.6 Å². The summed E-state index contributed by atoms with van der Waals surface area (Å²) >= 11 is 3.46. The zero-order valence-corrected chi connectivity index (χ0v) is 12.3. The van der Waals surface area contributed by atoms with E-state index in [4.69, 9.17) is 4.98 Å². The van der Waals surface area contributed by atoms with Crippen molar-refractivity contribution < 1.29 is 5.73 Å². The van der Waals surface area contributed by atoms with Crippen LogP contribution in [0.25, 0.3) is 16.9 Å². The Balaban J connectivity index is 2.25. The third-order valence-electron chi connectivity index (χ3n) is 3.24. The zero-order chi connectivity index (χ0) is 13.4. The van der Waals surface area contributed by atoms with Crippen molar-refractivity contribution in [1.29, 1.82) is 0 Å². The first kappa shape index (κ1) is 12.4. The van der Waals surface area contributed by atoms with Crippen LogP contribution in [0.3, 0.4) is 0 Å². The van der Waals surface area contributed by atoms with Gasteiger partial charge in [-0.3, -0.25) is 4.40 Å². The van der Waals surface area contributed by atoms with Gasteiger partial charge in [0, 0.05) is 16.2 Å². The molecule has 19 heavy (non-hydrogen) atoms. The Bertz CT molecular complexity index is 729. The number of aromatic nitrogens is 2. The molecule has 0 amide bonds. The van der Waals surface area contributed by atoms with Crippen molar-refractivity contribution >= 4 is 21.6 Å². The van der Waals surface area contributed by atoms with E-state index in [-0.39, 0.29) is 0 Å². The highest BCUT2D eigenvalue weighted by Crippen LogP contribution is 2.25. The van der Waals surface area contributed by atoms with E-state index in [1.54, 1.807) is 0 Å². The van der Waals surface area contributed by atoms with Gasteiger partial charge in [0.1, 0.15) is 17.9 Å². The molecule has 0 bridgehead atoms. The molecular weight excluding hydrogens is 302 g/mol. The highest BCUT2D eigenvalue weighted by molar-refractivity contribution is 9.10. The lowest BCUT2D eigenvalue weighted by atomic mass is 10.1. The molecule has 0 aliphatic rings. The number of rotatable bonds is 2. The van der Waals surface area contributed by atoms with Gasteiger partial charge in [0.25, 0.3) is 0 Å². The van der Waals surface area contributed by atoms with Gasteiger partial charge in [-0.2, -0.15) is 0 Å². The van der Waals surface area contributed by atoms with Crippen molar-refractivity contribution in [2.45, 2.75) is 13.5 Å². The molecule has 0 aliphatic carbocycles. The summed E-state index contributed by atoms with van der Waals surface area (Å²) in [6, 6.07) is 12.4. The first-order valence-corrected chi connectivity index (χ1v) is 7.01. The molecule has 0 saturated carbocycles. The van der Waals surface area contributed by atoms with Crippen LogP contribution in [0.2, 0.25) is 0 Å². The second kappa shape index (κ2) is 4.79. The van der Waals surface area contributed by atoms with Crippen LogP contribution in [0.1, 0.15) is 11.3 Å². The maximum absolute atomic E-state index is 4.75. The number of quaternary nitrogens is 1. The summed E-state index contributed by atoms with van der Waals surface area (Å²) in [5.74, 6) is 0. The van der Waals surface area contributed by atoms with Crippen LogP contribution in [-0.4, -0.2) is 9.38 Å². The van der Waals surface area contributed by atoms with Crippen molar-refractivity contribution in [3.8, 4) is 11.3 Å². The minimum Gasteiger partial charge on any atom is -0.353 e. The van der Waals surface area contributed by atoms with Gasteiger partial charge in [-0.05, 0) is 36.8 Å². The fourth-order valence-corrected chi connectivity index (χ4v) is 2.54. The van der Waals surface area contributed by atoms with Gasteiger partial charge in [-0.15, -0.1) is 0 Å². The fraction of sp³-hybridized carbons (Fsp3) is 0.133. The highest BCUT2D eigenvalue weighted by Gasteiger charge is 2.13. The lowest BCUT2D eigenvalue weighted by Crippen LogP contribution is -2.48. The molecule has 4 heteroatoms. The quantitative estimate of drug-likeness (QED) is 0.776. The molecule has 0 atom stereocenters. The molecule has 96 valence electrons. The van der Waals surface area contributed by atoms with E-state index in [1.165, 1.54) is 5.56 Å². The Kier molecular flexibility index (Phi) is 3.12. The van der Waals surface area contributed by atoms with Crippen LogP contribution in [0.5, 0.6) is 0 Å². The Morgan fingerprint density at radius 2 is 1.95 bits per heavy atom. The average Bonchev–Trinajstić information content (AvgIpc) is 2.77. The van der Waals surface area contributed by atoms with Gasteiger partial charge in [-0.25, -0.2) is 4.98 Å². The topological polar surface area (TPSA) is 44.9 Å². The number of aryl methyl sites for hydroxylation is 1. The molecule has 0 unspecified atom stereocenters. The average molecular weight is 317 g/mol. The van der Waals surface area contributed by atoms with Crippen LogP contribution in [0, 0.1) is 6.92 Å². The van der Waals surface area contributed by atoms with E-state index in [1.807, 2.05) is 12.1 Å². The maximum atomic E-state index is 4.75. The van der Waals surface area contributed by atoms with Gasteiger partial charge in [0.15, 0.2) is 0 Å². The number of pyridine rings is 1. The molecule has 0 spiro atoms. The summed E-state index contributed by atoms with van der Waals surface area (Å²) in [5.41, 5.74) is 9.53. The lowest BCUT2D eigenvalue weighted by Gasteiger charge is -2.01. The van der Waals surface area contributed by atoms with Gasteiger partial charge in [0.05, 0.1) is 5.69 Å². The highest BCUT2D eigenvalue weighted by atomic mass is 79.9. The number of fused-ring (bicyclic) bond motifs is 1. The Morgan fingerprint density at radius 3 is 2.63 bits per heavy atom. The smallest absolute Gasteiger partial charge is 0.138 e. The summed E-state index contributed by atoms with van der Waals surface area (Å²) in [6.45, 7) is 2.80. The van der Waals surface area contributed by atoms with Crippen LogP contribution in [0.15, 0.2) is 47.1 Å². The second-order valence-electron chi connectivity index (χ2n) is 4.60. The Labute approximate surface area is 120 Å². The van der Waals surface area contributed by atoms with Crippen LogP contribution < -0.4 is 5.73 Å². The summed E-state index contributed by atoms with van der Waals surface area (Å²) in [5, 5.41) is 0. The summed E-state index contributed by atoms with van der Waals surface area (Å²) in [7, 11) is 0.